The van der Waals surface area contributed by atoms with Crippen molar-refractivity contribution in [2.75, 3.05) is 26.2 Å². The summed E-state index contributed by atoms with van der Waals surface area (Å²) in [4.78, 5) is 34.8. The Hall–Kier alpha value is -3.26. The Morgan fingerprint density at radius 2 is 1.38 bits per heavy atom. The Balaban J connectivity index is 0.000000438. The molecule has 1 aliphatic rings. The number of carboxylic acid groups (broad SMARTS) is 2. The first kappa shape index (κ1) is 22.0. The third kappa shape index (κ3) is 7.00. The third-order valence-electron chi connectivity index (χ3n) is 4.46. The fraction of sp³-hybridized carbons (Fsp3) is 0.286. The van der Waals surface area contributed by atoms with Crippen LogP contribution in [0, 0.1) is 12.7 Å². The largest absolute Gasteiger partial charge is 0.473 e. The van der Waals surface area contributed by atoms with Crippen LogP contribution in [0.25, 0.3) is 0 Å². The molecule has 29 heavy (non-hydrogen) atoms. The van der Waals surface area contributed by atoms with Crippen LogP contribution in [0.4, 0.5) is 4.39 Å². The fourth-order valence-electron chi connectivity index (χ4n) is 2.84. The number of nitrogens with zero attached hydrogens (tertiary/aromatic N) is 2. The van der Waals surface area contributed by atoms with Crippen LogP contribution in [0.5, 0.6) is 0 Å². The van der Waals surface area contributed by atoms with E-state index in [1.54, 1.807) is 12.1 Å². The van der Waals surface area contributed by atoms with Gasteiger partial charge in [-0.25, -0.2) is 14.0 Å². The number of benzene rings is 2. The maximum absolute atomic E-state index is 12.9. The van der Waals surface area contributed by atoms with Gasteiger partial charge in [-0.1, -0.05) is 29.8 Å². The first-order chi connectivity index (χ1) is 13.8. The van der Waals surface area contributed by atoms with Gasteiger partial charge in [-0.2, -0.15) is 0 Å². The molecular weight excluding hydrogens is 379 g/mol. The summed E-state index contributed by atoms with van der Waals surface area (Å²) < 4.78 is 12.9. The van der Waals surface area contributed by atoms with Crippen molar-refractivity contribution in [3.63, 3.8) is 0 Å². The minimum atomic E-state index is -1.82. The molecule has 8 heteroatoms. The van der Waals surface area contributed by atoms with E-state index in [9.17, 15) is 9.18 Å². The zero-order chi connectivity index (χ0) is 21.4. The lowest BCUT2D eigenvalue weighted by atomic mass is 10.1. The number of hydrogen-bond acceptors (Lipinski definition) is 4. The van der Waals surface area contributed by atoms with E-state index in [0.717, 1.165) is 19.6 Å². The van der Waals surface area contributed by atoms with E-state index in [4.69, 9.17) is 19.8 Å². The molecule has 0 unspecified atom stereocenters. The number of piperazine rings is 1. The van der Waals surface area contributed by atoms with Crippen LogP contribution in [0.15, 0.2) is 48.5 Å². The van der Waals surface area contributed by atoms with E-state index in [-0.39, 0.29) is 11.7 Å². The summed E-state index contributed by atoms with van der Waals surface area (Å²) in [6.45, 7) is 6.15. The van der Waals surface area contributed by atoms with Crippen molar-refractivity contribution >= 4 is 17.8 Å². The quantitative estimate of drug-likeness (QED) is 0.765. The minimum Gasteiger partial charge on any atom is -0.473 e. The van der Waals surface area contributed by atoms with Crippen molar-refractivity contribution in [1.29, 1.82) is 0 Å². The molecule has 2 aromatic rings. The number of carbonyl (C=O) groups is 3. The Bertz CT molecular complexity index is 832. The molecule has 0 aromatic heterocycles. The summed E-state index contributed by atoms with van der Waals surface area (Å²) >= 11 is 0. The molecule has 0 bridgehead atoms. The van der Waals surface area contributed by atoms with E-state index < -0.39 is 11.9 Å². The van der Waals surface area contributed by atoms with Crippen LogP contribution in [0.3, 0.4) is 0 Å². The molecule has 154 valence electrons. The highest BCUT2D eigenvalue weighted by Gasteiger charge is 2.22. The van der Waals surface area contributed by atoms with Crippen molar-refractivity contribution in [3.8, 4) is 0 Å². The molecule has 0 atom stereocenters. The van der Waals surface area contributed by atoms with Gasteiger partial charge in [0.05, 0.1) is 0 Å². The highest BCUT2D eigenvalue weighted by Crippen LogP contribution is 2.13. The lowest BCUT2D eigenvalue weighted by Gasteiger charge is -2.34. The highest BCUT2D eigenvalue weighted by molar-refractivity contribution is 6.27. The van der Waals surface area contributed by atoms with Crippen LogP contribution in [-0.4, -0.2) is 64.0 Å². The Kier molecular flexibility index (Phi) is 7.85. The Labute approximate surface area is 168 Å². The monoisotopic (exact) mass is 402 g/mol. The summed E-state index contributed by atoms with van der Waals surface area (Å²) in [5, 5.41) is 14.8. The first-order valence-electron chi connectivity index (χ1n) is 9.05. The topological polar surface area (TPSA) is 98.2 Å². The Morgan fingerprint density at radius 1 is 0.862 bits per heavy atom. The predicted octanol–water partition coefficient (Wildman–Crippen LogP) is 2.25. The number of carboxylic acids is 2. The number of rotatable bonds is 3. The van der Waals surface area contributed by atoms with E-state index in [1.165, 1.54) is 23.3 Å². The molecule has 2 N–H and O–H groups in total. The molecule has 3 rings (SSSR count). The number of hydrogen-bond donors (Lipinski definition) is 2. The number of amides is 1. The van der Waals surface area contributed by atoms with Gasteiger partial charge in [0.1, 0.15) is 5.82 Å². The average Bonchev–Trinajstić information content (AvgIpc) is 2.71. The SMILES string of the molecule is Cc1ccc(CN2CCN(C(=O)c3ccc(F)cc3)CC2)cc1.O=C(O)C(=O)O. The second-order valence-corrected chi connectivity index (χ2v) is 6.67. The third-order valence-corrected chi connectivity index (χ3v) is 4.46. The number of halogens is 1. The lowest BCUT2D eigenvalue weighted by Crippen LogP contribution is -2.48. The zero-order valence-corrected chi connectivity index (χ0v) is 16.0. The van der Waals surface area contributed by atoms with Crippen LogP contribution >= 0.6 is 0 Å². The second-order valence-electron chi connectivity index (χ2n) is 6.67. The predicted molar refractivity (Wildman–Crippen MR) is 104 cm³/mol. The van der Waals surface area contributed by atoms with Gasteiger partial charge < -0.3 is 15.1 Å². The van der Waals surface area contributed by atoms with Gasteiger partial charge >= 0.3 is 11.9 Å². The second kappa shape index (κ2) is 10.3. The van der Waals surface area contributed by atoms with Gasteiger partial charge in [-0.05, 0) is 36.8 Å². The summed E-state index contributed by atoms with van der Waals surface area (Å²) in [7, 11) is 0. The van der Waals surface area contributed by atoms with Gasteiger partial charge in [-0.3, -0.25) is 9.69 Å². The maximum atomic E-state index is 12.9. The van der Waals surface area contributed by atoms with E-state index >= 15 is 0 Å². The van der Waals surface area contributed by atoms with Crippen molar-refractivity contribution in [3.05, 3.63) is 71.0 Å². The molecule has 0 radical (unpaired) electrons. The lowest BCUT2D eigenvalue weighted by molar-refractivity contribution is -0.159. The van der Waals surface area contributed by atoms with Gasteiger partial charge in [0.2, 0.25) is 0 Å². The summed E-state index contributed by atoms with van der Waals surface area (Å²) in [6.07, 6.45) is 0. The normalized spacial score (nSPS) is 13.9. The van der Waals surface area contributed by atoms with Crippen LogP contribution in [0.1, 0.15) is 21.5 Å². The average molecular weight is 402 g/mol. The van der Waals surface area contributed by atoms with Crippen molar-refractivity contribution in [2.24, 2.45) is 0 Å². The number of aryl methyl sites for hydroxylation is 1. The van der Waals surface area contributed by atoms with Crippen molar-refractivity contribution < 1.29 is 29.0 Å². The summed E-state index contributed by atoms with van der Waals surface area (Å²) in [5.74, 6) is -3.98. The zero-order valence-electron chi connectivity index (χ0n) is 16.0. The minimum absolute atomic E-state index is 0.0139. The molecule has 0 spiro atoms. The molecule has 1 heterocycles. The van der Waals surface area contributed by atoms with Gasteiger partial charge in [0, 0.05) is 38.3 Å². The van der Waals surface area contributed by atoms with Crippen LogP contribution < -0.4 is 0 Å². The molecule has 1 saturated heterocycles. The molecular formula is C21H23FN2O5. The molecule has 2 aromatic carbocycles. The smallest absolute Gasteiger partial charge is 0.414 e. The number of aliphatic carboxylic acids is 2. The molecule has 7 nitrogen and oxygen atoms in total. The summed E-state index contributed by atoms with van der Waals surface area (Å²) in [6, 6.07) is 14.3. The molecule has 1 fully saturated rings. The molecule has 1 aliphatic heterocycles. The maximum Gasteiger partial charge on any atom is 0.414 e. The van der Waals surface area contributed by atoms with Gasteiger partial charge in [0.25, 0.3) is 5.91 Å². The highest BCUT2D eigenvalue weighted by atomic mass is 19.1. The Morgan fingerprint density at radius 3 is 1.86 bits per heavy atom. The standard InChI is InChI=1S/C19H21FN2O.C2H2O4/c1-15-2-4-16(5-3-15)14-21-10-12-22(13-11-21)19(23)17-6-8-18(20)9-7-17;3-1(4)2(5)6/h2-9H,10-14H2,1H3;(H,3,4)(H,5,6). The summed E-state index contributed by atoms with van der Waals surface area (Å²) in [5.41, 5.74) is 3.12. The van der Waals surface area contributed by atoms with Crippen molar-refractivity contribution in [1.82, 2.24) is 9.80 Å². The first-order valence-corrected chi connectivity index (χ1v) is 9.05. The van der Waals surface area contributed by atoms with E-state index in [0.29, 0.717) is 18.7 Å². The van der Waals surface area contributed by atoms with Gasteiger partial charge in [0.15, 0.2) is 0 Å². The fourth-order valence-corrected chi connectivity index (χ4v) is 2.84. The van der Waals surface area contributed by atoms with Crippen LogP contribution in [0.2, 0.25) is 0 Å². The number of carbonyl (C=O) groups excluding carboxylic acids is 1. The molecule has 0 aliphatic carbocycles. The van der Waals surface area contributed by atoms with E-state index in [2.05, 4.69) is 36.1 Å². The van der Waals surface area contributed by atoms with Crippen LogP contribution in [-0.2, 0) is 16.1 Å². The van der Waals surface area contributed by atoms with Gasteiger partial charge in [-0.15, -0.1) is 0 Å². The van der Waals surface area contributed by atoms with E-state index in [1.807, 2.05) is 4.90 Å². The molecule has 0 saturated carbocycles. The molecule has 1 amide bonds. The van der Waals surface area contributed by atoms with Crippen molar-refractivity contribution in [2.45, 2.75) is 13.5 Å².